The van der Waals surface area contributed by atoms with Crippen molar-refractivity contribution in [2.45, 2.75) is 76.9 Å². The Bertz CT molecular complexity index is 1740. The van der Waals surface area contributed by atoms with E-state index in [0.717, 1.165) is 30.0 Å². The smallest absolute Gasteiger partial charge is 0.332 e. The predicted octanol–water partition coefficient (Wildman–Crippen LogP) is 6.55. The number of hydrogen-bond acceptors (Lipinski definition) is 9. The van der Waals surface area contributed by atoms with Crippen LogP contribution in [0.1, 0.15) is 70.9 Å². The molecule has 0 radical (unpaired) electrons. The number of aromatic nitrogens is 2. The molecule has 2 aromatic heterocycles. The lowest BCUT2D eigenvalue weighted by Gasteiger charge is -2.26. The number of nitrogens with zero attached hydrogens (tertiary/aromatic N) is 3. The van der Waals surface area contributed by atoms with Crippen molar-refractivity contribution >= 4 is 51.6 Å². The zero-order valence-electron chi connectivity index (χ0n) is 28.1. The first kappa shape index (κ1) is 34.2. The van der Waals surface area contributed by atoms with Gasteiger partial charge in [0, 0.05) is 36.3 Å². The van der Waals surface area contributed by atoms with Crippen LogP contribution in [0.3, 0.4) is 0 Å². The van der Waals surface area contributed by atoms with Gasteiger partial charge in [0.15, 0.2) is 0 Å². The summed E-state index contributed by atoms with van der Waals surface area (Å²) in [5.74, 6) is -1.02. The summed E-state index contributed by atoms with van der Waals surface area (Å²) in [7, 11) is 3.35. The highest BCUT2D eigenvalue weighted by atomic mass is 35.5. The lowest BCUT2D eigenvalue weighted by atomic mass is 9.93. The zero-order chi connectivity index (χ0) is 34.2. The molecule has 12 heteroatoms. The summed E-state index contributed by atoms with van der Waals surface area (Å²) in [6, 6.07) is 5.48. The number of allylic oxidation sites excluding steroid dienone is 1. The highest BCUT2D eigenvalue weighted by Gasteiger charge is 2.62. The van der Waals surface area contributed by atoms with Crippen LogP contribution in [0.2, 0.25) is 5.02 Å². The van der Waals surface area contributed by atoms with Gasteiger partial charge in [-0.2, -0.15) is 0 Å². The van der Waals surface area contributed by atoms with E-state index in [1.165, 1.54) is 11.3 Å². The van der Waals surface area contributed by atoms with Crippen molar-refractivity contribution in [2.75, 3.05) is 27.3 Å². The van der Waals surface area contributed by atoms with E-state index >= 15 is 0 Å². The van der Waals surface area contributed by atoms with E-state index in [9.17, 15) is 14.4 Å². The number of carbonyl (C=O) groups is 3. The number of methoxy groups -OCH3 is 1. The number of amides is 2. The fourth-order valence-corrected chi connectivity index (χ4v) is 8.08. The van der Waals surface area contributed by atoms with Crippen molar-refractivity contribution in [2.24, 2.45) is 17.8 Å². The minimum Gasteiger partial charge on any atom is -0.495 e. The van der Waals surface area contributed by atoms with Gasteiger partial charge in [-0.05, 0) is 63.5 Å². The van der Waals surface area contributed by atoms with Crippen LogP contribution in [0.25, 0.3) is 21.6 Å². The standard InChI is InChI=1S/C36H43ClN4O6S/c1-6-46-35(44)36-18-21(36)11-9-7-8-10-14-41(4)34(43)25-16-22(15-24(25)32(42)40-36)47-29-17-26(33-39-27(19-48-33)20(2)3)38-31-23(29)12-13-28(45-5)30(31)37/h9,11-13,17,19-22,24-25H,6-8,10,14-16,18H2,1-5H3,(H,40,42)/t21?,22-,24-,25-,36-/m1/s1. The van der Waals surface area contributed by atoms with Gasteiger partial charge in [0.1, 0.15) is 38.9 Å². The third kappa shape index (κ3) is 6.63. The molecule has 0 bridgehead atoms. The maximum Gasteiger partial charge on any atom is 0.332 e. The maximum atomic E-state index is 14.1. The summed E-state index contributed by atoms with van der Waals surface area (Å²) >= 11 is 8.29. The van der Waals surface area contributed by atoms with E-state index in [1.54, 1.807) is 32.0 Å². The fourth-order valence-electron chi connectivity index (χ4n) is 6.86. The average molecular weight is 695 g/mol. The number of thiazole rings is 1. The van der Waals surface area contributed by atoms with E-state index in [-0.39, 0.29) is 30.3 Å². The van der Waals surface area contributed by atoms with Crippen molar-refractivity contribution in [1.82, 2.24) is 20.2 Å². The molecule has 1 unspecified atom stereocenters. The molecular weight excluding hydrogens is 652 g/mol. The molecule has 2 aliphatic carbocycles. The zero-order valence-corrected chi connectivity index (χ0v) is 29.7. The Morgan fingerprint density at radius 3 is 2.69 bits per heavy atom. The van der Waals surface area contributed by atoms with Crippen molar-refractivity contribution in [1.29, 1.82) is 0 Å². The molecule has 3 aliphatic rings. The lowest BCUT2D eigenvalue weighted by Crippen LogP contribution is -2.50. The highest BCUT2D eigenvalue weighted by Crippen LogP contribution is 2.48. The average Bonchev–Trinajstić information content (AvgIpc) is 3.37. The number of esters is 1. The van der Waals surface area contributed by atoms with Crippen LogP contribution in [0.4, 0.5) is 0 Å². The van der Waals surface area contributed by atoms with Gasteiger partial charge in [0.2, 0.25) is 11.8 Å². The molecule has 2 amide bonds. The van der Waals surface area contributed by atoms with Crippen molar-refractivity contribution in [3.63, 3.8) is 0 Å². The second-order valence-electron chi connectivity index (χ2n) is 13.3. The van der Waals surface area contributed by atoms with Gasteiger partial charge in [-0.3, -0.25) is 9.59 Å². The van der Waals surface area contributed by atoms with E-state index in [0.29, 0.717) is 58.9 Å². The van der Waals surface area contributed by atoms with Crippen LogP contribution in [-0.4, -0.2) is 71.6 Å². The second-order valence-corrected chi connectivity index (χ2v) is 14.6. The number of benzene rings is 1. The Morgan fingerprint density at radius 2 is 1.96 bits per heavy atom. The Kier molecular flexibility index (Phi) is 9.99. The number of halogens is 1. The van der Waals surface area contributed by atoms with Gasteiger partial charge in [-0.1, -0.05) is 37.6 Å². The third-order valence-electron chi connectivity index (χ3n) is 9.73. The Labute approximate surface area is 290 Å². The molecule has 256 valence electrons. The van der Waals surface area contributed by atoms with Gasteiger partial charge in [-0.25, -0.2) is 14.8 Å². The molecular formula is C36H43ClN4O6S. The largest absolute Gasteiger partial charge is 0.495 e. The molecule has 3 aromatic rings. The quantitative estimate of drug-likeness (QED) is 0.218. The van der Waals surface area contributed by atoms with Gasteiger partial charge >= 0.3 is 5.97 Å². The summed E-state index contributed by atoms with van der Waals surface area (Å²) in [6.07, 6.45) is 7.34. The molecule has 0 spiro atoms. The minimum absolute atomic E-state index is 0.0940. The molecule has 2 saturated carbocycles. The summed E-state index contributed by atoms with van der Waals surface area (Å²) in [4.78, 5) is 52.5. The number of ether oxygens (including phenoxy) is 3. The van der Waals surface area contributed by atoms with Crippen molar-refractivity contribution in [3.05, 3.63) is 46.4 Å². The lowest BCUT2D eigenvalue weighted by molar-refractivity contribution is -0.150. The fraction of sp³-hybridized carbons (Fsp3) is 0.528. The normalized spacial score (nSPS) is 26.1. The summed E-state index contributed by atoms with van der Waals surface area (Å²) in [5, 5.41) is 6.85. The number of nitrogens with one attached hydrogen (secondary N) is 1. The molecule has 2 fully saturated rings. The number of fused-ring (bicyclic) bond motifs is 3. The molecule has 6 rings (SSSR count). The predicted molar refractivity (Wildman–Crippen MR) is 185 cm³/mol. The van der Waals surface area contributed by atoms with E-state index in [4.69, 9.17) is 35.8 Å². The minimum atomic E-state index is -1.11. The van der Waals surface area contributed by atoms with Gasteiger partial charge < -0.3 is 24.4 Å². The Morgan fingerprint density at radius 1 is 1.17 bits per heavy atom. The topological polar surface area (TPSA) is 120 Å². The first-order chi connectivity index (χ1) is 23.1. The Balaban J connectivity index is 1.34. The molecule has 10 nitrogen and oxygen atoms in total. The molecule has 1 aromatic carbocycles. The number of hydrogen-bond donors (Lipinski definition) is 1. The molecule has 3 heterocycles. The van der Waals surface area contributed by atoms with E-state index in [1.807, 2.05) is 23.6 Å². The summed E-state index contributed by atoms with van der Waals surface area (Å²) in [5.41, 5.74) is 0.981. The molecule has 5 atom stereocenters. The van der Waals surface area contributed by atoms with E-state index in [2.05, 4.69) is 25.2 Å². The maximum absolute atomic E-state index is 14.1. The van der Waals surface area contributed by atoms with Gasteiger partial charge in [0.25, 0.3) is 0 Å². The number of pyridine rings is 1. The van der Waals surface area contributed by atoms with Gasteiger partial charge in [0.05, 0.1) is 36.8 Å². The van der Waals surface area contributed by atoms with Crippen LogP contribution in [0.5, 0.6) is 11.5 Å². The Hall–Kier alpha value is -3.70. The summed E-state index contributed by atoms with van der Waals surface area (Å²) < 4.78 is 17.6. The van der Waals surface area contributed by atoms with Crippen LogP contribution < -0.4 is 14.8 Å². The summed E-state index contributed by atoms with van der Waals surface area (Å²) in [6.45, 7) is 6.76. The van der Waals surface area contributed by atoms with Gasteiger partial charge in [-0.15, -0.1) is 11.3 Å². The molecule has 1 aliphatic heterocycles. The molecule has 1 N–H and O–H groups in total. The third-order valence-corrected chi connectivity index (χ3v) is 11.0. The monoisotopic (exact) mass is 694 g/mol. The van der Waals surface area contributed by atoms with Crippen LogP contribution in [-0.2, 0) is 19.1 Å². The van der Waals surface area contributed by atoms with Crippen LogP contribution >= 0.6 is 22.9 Å². The SMILES string of the molecule is CCOC(=O)[C@@]12CC1C=CCCCCN(C)C(=O)[C@@H]1C[C@H](Oc3cc(-c4nc(C(C)C)cs4)nc4c(Cl)c(OC)ccc34)C[C@H]1C(=O)N2. The van der Waals surface area contributed by atoms with Crippen molar-refractivity contribution in [3.8, 4) is 22.2 Å². The molecule has 48 heavy (non-hydrogen) atoms. The second kappa shape index (κ2) is 14.0. The van der Waals surface area contributed by atoms with Crippen LogP contribution in [0.15, 0.2) is 35.7 Å². The first-order valence-electron chi connectivity index (χ1n) is 16.8. The molecule has 0 saturated heterocycles. The van der Waals surface area contributed by atoms with Crippen molar-refractivity contribution < 1.29 is 28.6 Å². The number of carbonyl (C=O) groups excluding carboxylic acids is 3. The van der Waals surface area contributed by atoms with Crippen LogP contribution in [0, 0.1) is 17.8 Å². The first-order valence-corrected chi connectivity index (χ1v) is 18.0. The highest BCUT2D eigenvalue weighted by molar-refractivity contribution is 7.13. The van der Waals surface area contributed by atoms with E-state index < -0.39 is 29.4 Å². The number of rotatable bonds is 7.